The Hall–Kier alpha value is -2.61. The van der Waals surface area contributed by atoms with Crippen LogP contribution in [0, 0.1) is 12.7 Å². The smallest absolute Gasteiger partial charge is 0.275 e. The highest BCUT2D eigenvalue weighted by Gasteiger charge is 2.18. The standard InChI is InChI=1S/C18H18FN5OS/c1-11-20-15(10-26-11)18(25)21-14-9-12(6-7-13(14)19)17-23-22-16-5-3-2-4-8-24(16)17/h6-7,9-10H,2-5,8H2,1H3,(H,21,25). The Kier molecular flexibility index (Phi) is 4.50. The van der Waals surface area contributed by atoms with Crippen LogP contribution in [-0.2, 0) is 13.0 Å². The molecule has 4 rings (SSSR count). The quantitative estimate of drug-likeness (QED) is 0.759. The first-order valence-electron chi connectivity index (χ1n) is 8.57. The molecular weight excluding hydrogens is 353 g/mol. The van der Waals surface area contributed by atoms with Crippen molar-refractivity contribution in [1.29, 1.82) is 0 Å². The van der Waals surface area contributed by atoms with Gasteiger partial charge in [-0.15, -0.1) is 21.5 Å². The average Bonchev–Trinajstić information content (AvgIpc) is 3.17. The highest BCUT2D eigenvalue weighted by Crippen LogP contribution is 2.27. The van der Waals surface area contributed by atoms with Gasteiger partial charge in [-0.2, -0.15) is 0 Å². The van der Waals surface area contributed by atoms with E-state index in [-0.39, 0.29) is 11.4 Å². The van der Waals surface area contributed by atoms with Crippen LogP contribution < -0.4 is 5.32 Å². The van der Waals surface area contributed by atoms with Gasteiger partial charge in [0.1, 0.15) is 17.3 Å². The molecule has 6 nitrogen and oxygen atoms in total. The molecule has 3 heterocycles. The van der Waals surface area contributed by atoms with Gasteiger partial charge in [0.2, 0.25) is 0 Å². The molecule has 0 radical (unpaired) electrons. The van der Waals surface area contributed by atoms with Gasteiger partial charge in [0.25, 0.3) is 5.91 Å². The van der Waals surface area contributed by atoms with E-state index < -0.39 is 11.7 Å². The molecule has 0 fully saturated rings. The third kappa shape index (κ3) is 3.24. The largest absolute Gasteiger partial charge is 0.318 e. The molecule has 0 unspecified atom stereocenters. The zero-order valence-electron chi connectivity index (χ0n) is 14.3. The van der Waals surface area contributed by atoms with Crippen molar-refractivity contribution >= 4 is 22.9 Å². The second-order valence-corrected chi connectivity index (χ2v) is 7.36. The zero-order chi connectivity index (χ0) is 18.1. The van der Waals surface area contributed by atoms with Crippen LogP contribution in [0.25, 0.3) is 11.4 Å². The fourth-order valence-corrected chi connectivity index (χ4v) is 3.71. The highest BCUT2D eigenvalue weighted by molar-refractivity contribution is 7.09. The molecule has 8 heteroatoms. The van der Waals surface area contributed by atoms with Crippen molar-refractivity contribution in [3.8, 4) is 11.4 Å². The Morgan fingerprint density at radius 2 is 2.15 bits per heavy atom. The highest BCUT2D eigenvalue weighted by atomic mass is 32.1. The van der Waals surface area contributed by atoms with E-state index in [1.54, 1.807) is 17.5 Å². The van der Waals surface area contributed by atoms with E-state index in [1.165, 1.54) is 23.8 Å². The SMILES string of the molecule is Cc1nc(C(=O)Nc2cc(-c3nnc4n3CCCCC4)ccc2F)cs1. The minimum atomic E-state index is -0.496. The summed E-state index contributed by atoms with van der Waals surface area (Å²) in [5, 5.41) is 13.6. The maximum atomic E-state index is 14.2. The van der Waals surface area contributed by atoms with Crippen molar-refractivity contribution < 1.29 is 9.18 Å². The summed E-state index contributed by atoms with van der Waals surface area (Å²) in [6.45, 7) is 2.68. The van der Waals surface area contributed by atoms with Gasteiger partial charge in [0, 0.05) is 23.9 Å². The van der Waals surface area contributed by atoms with E-state index in [2.05, 4.69) is 25.1 Å². The molecule has 2 aromatic heterocycles. The van der Waals surface area contributed by atoms with Gasteiger partial charge in [0.05, 0.1) is 10.7 Å². The number of nitrogens with zero attached hydrogens (tertiary/aromatic N) is 4. The summed E-state index contributed by atoms with van der Waals surface area (Å²) in [7, 11) is 0. The van der Waals surface area contributed by atoms with Gasteiger partial charge >= 0.3 is 0 Å². The molecule has 0 atom stereocenters. The van der Waals surface area contributed by atoms with Crippen molar-refractivity contribution in [3.63, 3.8) is 0 Å². The molecule has 1 aliphatic heterocycles. The predicted octanol–water partition coefficient (Wildman–Crippen LogP) is 3.83. The molecule has 1 amide bonds. The van der Waals surface area contributed by atoms with Crippen LogP contribution in [0.2, 0.25) is 0 Å². The monoisotopic (exact) mass is 371 g/mol. The van der Waals surface area contributed by atoms with E-state index in [1.807, 2.05) is 6.92 Å². The molecule has 1 aromatic carbocycles. The van der Waals surface area contributed by atoms with Crippen molar-refractivity contribution in [2.24, 2.45) is 0 Å². The summed E-state index contributed by atoms with van der Waals surface area (Å²) in [5.74, 6) is 0.752. The fraction of sp³-hybridized carbons (Fsp3) is 0.333. The molecule has 0 bridgehead atoms. The first kappa shape index (κ1) is 16.8. The number of hydrogen-bond donors (Lipinski definition) is 1. The normalized spacial score (nSPS) is 13.9. The second kappa shape index (κ2) is 6.95. The van der Waals surface area contributed by atoms with Crippen molar-refractivity contribution in [2.45, 2.75) is 39.2 Å². The number of rotatable bonds is 3. The Morgan fingerprint density at radius 1 is 1.27 bits per heavy atom. The number of halogens is 1. The first-order valence-corrected chi connectivity index (χ1v) is 9.45. The van der Waals surface area contributed by atoms with Crippen LogP contribution in [0.5, 0.6) is 0 Å². The van der Waals surface area contributed by atoms with E-state index in [0.717, 1.165) is 42.2 Å². The third-order valence-electron chi connectivity index (χ3n) is 4.43. The zero-order valence-corrected chi connectivity index (χ0v) is 15.1. The summed E-state index contributed by atoms with van der Waals surface area (Å²) in [4.78, 5) is 16.4. The lowest BCUT2D eigenvalue weighted by molar-refractivity contribution is 0.102. The molecule has 1 aliphatic rings. The van der Waals surface area contributed by atoms with E-state index >= 15 is 0 Å². The molecule has 26 heavy (non-hydrogen) atoms. The second-order valence-electron chi connectivity index (χ2n) is 6.30. The lowest BCUT2D eigenvalue weighted by Gasteiger charge is -2.10. The van der Waals surface area contributed by atoms with Gasteiger partial charge in [0.15, 0.2) is 5.82 Å². The minimum Gasteiger partial charge on any atom is -0.318 e. The first-order chi connectivity index (χ1) is 12.6. The summed E-state index contributed by atoms with van der Waals surface area (Å²) < 4.78 is 16.3. The van der Waals surface area contributed by atoms with Gasteiger partial charge in [-0.05, 0) is 38.0 Å². The summed E-state index contributed by atoms with van der Waals surface area (Å²) in [5.41, 5.74) is 1.13. The molecule has 0 saturated carbocycles. The number of aryl methyl sites for hydroxylation is 2. The predicted molar refractivity (Wildman–Crippen MR) is 97.8 cm³/mol. The number of carbonyl (C=O) groups excluding carboxylic acids is 1. The van der Waals surface area contributed by atoms with E-state index in [0.29, 0.717) is 5.82 Å². The molecule has 1 N–H and O–H groups in total. The lowest BCUT2D eigenvalue weighted by atomic mass is 10.1. The van der Waals surface area contributed by atoms with E-state index in [9.17, 15) is 9.18 Å². The summed E-state index contributed by atoms with van der Waals surface area (Å²) in [6.07, 6.45) is 4.25. The van der Waals surface area contributed by atoms with Gasteiger partial charge < -0.3 is 9.88 Å². The summed E-state index contributed by atoms with van der Waals surface area (Å²) >= 11 is 1.38. The molecule has 3 aromatic rings. The van der Waals surface area contributed by atoms with Crippen molar-refractivity contribution in [3.05, 3.63) is 45.9 Å². The molecule has 0 aliphatic carbocycles. The Labute approximate surface area is 154 Å². The number of hydrogen-bond acceptors (Lipinski definition) is 5. The molecule has 0 saturated heterocycles. The van der Waals surface area contributed by atoms with Gasteiger partial charge in [-0.3, -0.25) is 4.79 Å². The number of anilines is 1. The summed E-state index contributed by atoms with van der Waals surface area (Å²) in [6, 6.07) is 4.62. The minimum absolute atomic E-state index is 0.115. The number of amides is 1. The van der Waals surface area contributed by atoms with Gasteiger partial charge in [-0.25, -0.2) is 9.37 Å². The molecule has 0 spiro atoms. The van der Waals surface area contributed by atoms with Crippen LogP contribution in [0.15, 0.2) is 23.6 Å². The lowest BCUT2D eigenvalue weighted by Crippen LogP contribution is -2.13. The number of benzene rings is 1. The van der Waals surface area contributed by atoms with Gasteiger partial charge in [-0.1, -0.05) is 6.42 Å². The van der Waals surface area contributed by atoms with Crippen LogP contribution >= 0.6 is 11.3 Å². The Bertz CT molecular complexity index is 964. The van der Waals surface area contributed by atoms with Crippen molar-refractivity contribution in [2.75, 3.05) is 5.32 Å². The fourth-order valence-electron chi connectivity index (χ4n) is 3.11. The third-order valence-corrected chi connectivity index (χ3v) is 5.21. The number of carbonyl (C=O) groups is 1. The number of nitrogens with one attached hydrogen (secondary N) is 1. The molecular formula is C18H18FN5OS. The Balaban J connectivity index is 1.64. The van der Waals surface area contributed by atoms with Crippen LogP contribution in [0.1, 0.15) is 40.6 Å². The Morgan fingerprint density at radius 3 is 2.96 bits per heavy atom. The maximum absolute atomic E-state index is 14.2. The van der Waals surface area contributed by atoms with Crippen molar-refractivity contribution in [1.82, 2.24) is 19.7 Å². The topological polar surface area (TPSA) is 72.7 Å². The maximum Gasteiger partial charge on any atom is 0.275 e. The average molecular weight is 371 g/mol. The van der Waals surface area contributed by atoms with Crippen LogP contribution in [-0.4, -0.2) is 25.7 Å². The van der Waals surface area contributed by atoms with Crippen LogP contribution in [0.4, 0.5) is 10.1 Å². The number of fused-ring (bicyclic) bond motifs is 1. The van der Waals surface area contributed by atoms with E-state index in [4.69, 9.17) is 0 Å². The number of thiazole rings is 1. The molecule has 134 valence electrons. The number of aromatic nitrogens is 4. The van der Waals surface area contributed by atoms with Crippen LogP contribution in [0.3, 0.4) is 0 Å².